The molecule has 0 spiro atoms. The van der Waals surface area contributed by atoms with E-state index in [1.165, 1.54) is 283 Å². The molecule has 6 heteroatoms. The number of ether oxygens (including phenoxy) is 3. The number of hydrogen-bond acceptors (Lipinski definition) is 6. The molecule has 0 fully saturated rings. The summed E-state index contributed by atoms with van der Waals surface area (Å²) in [6.07, 6.45) is 73.6. The van der Waals surface area contributed by atoms with Crippen molar-refractivity contribution in [2.75, 3.05) is 13.2 Å². The lowest BCUT2D eigenvalue weighted by Crippen LogP contribution is -2.30. The molecule has 0 aliphatic rings. The third-order valence-electron chi connectivity index (χ3n) is 15.3. The highest BCUT2D eigenvalue weighted by molar-refractivity contribution is 5.71. The smallest absolute Gasteiger partial charge is 0.306 e. The molecule has 0 aromatic heterocycles. The Labute approximate surface area is 456 Å². The molecule has 432 valence electrons. The Hall–Kier alpha value is -1.85. The maximum Gasteiger partial charge on any atom is 0.306 e. The Morgan fingerprint density at radius 1 is 0.260 bits per heavy atom. The molecule has 0 saturated carbocycles. The summed E-state index contributed by atoms with van der Waals surface area (Å²) in [5, 5.41) is 0. The van der Waals surface area contributed by atoms with E-state index in [0.717, 1.165) is 57.8 Å². The first-order valence-corrected chi connectivity index (χ1v) is 33.2. The highest BCUT2D eigenvalue weighted by atomic mass is 16.6. The first-order valence-electron chi connectivity index (χ1n) is 33.2. The number of allylic oxidation sites excluding steroid dienone is 2. The maximum atomic E-state index is 12.9. The zero-order chi connectivity index (χ0) is 52.9. The quantitative estimate of drug-likeness (QED) is 0.0261. The van der Waals surface area contributed by atoms with Gasteiger partial charge in [-0.15, -0.1) is 0 Å². The van der Waals surface area contributed by atoms with Gasteiger partial charge in [0.2, 0.25) is 0 Å². The Morgan fingerprint density at radius 2 is 0.452 bits per heavy atom. The van der Waals surface area contributed by atoms with E-state index >= 15 is 0 Å². The van der Waals surface area contributed by atoms with Gasteiger partial charge in [0, 0.05) is 19.3 Å². The minimum Gasteiger partial charge on any atom is -0.462 e. The third kappa shape index (κ3) is 60.9. The Kier molecular flexibility index (Phi) is 61.1. The summed E-state index contributed by atoms with van der Waals surface area (Å²) in [5.41, 5.74) is 0. The number of unbranched alkanes of at least 4 members (excludes halogenated alkanes) is 49. The van der Waals surface area contributed by atoms with Gasteiger partial charge in [0.1, 0.15) is 13.2 Å². The van der Waals surface area contributed by atoms with Gasteiger partial charge in [0.05, 0.1) is 0 Å². The van der Waals surface area contributed by atoms with Crippen LogP contribution < -0.4 is 0 Å². The normalized spacial score (nSPS) is 12.0. The fraction of sp³-hybridized carbons (Fsp3) is 0.925. The van der Waals surface area contributed by atoms with Crippen molar-refractivity contribution in [1.82, 2.24) is 0 Å². The van der Waals surface area contributed by atoms with Crippen LogP contribution >= 0.6 is 0 Å². The summed E-state index contributed by atoms with van der Waals surface area (Å²) < 4.78 is 17.0. The van der Waals surface area contributed by atoms with Gasteiger partial charge >= 0.3 is 17.9 Å². The summed E-state index contributed by atoms with van der Waals surface area (Å²) in [7, 11) is 0. The number of hydrogen-bond donors (Lipinski definition) is 0. The first kappa shape index (κ1) is 71.2. The van der Waals surface area contributed by atoms with Crippen molar-refractivity contribution in [3.63, 3.8) is 0 Å². The van der Waals surface area contributed by atoms with Gasteiger partial charge in [-0.05, 0) is 44.9 Å². The fourth-order valence-corrected chi connectivity index (χ4v) is 10.3. The van der Waals surface area contributed by atoms with E-state index in [4.69, 9.17) is 14.2 Å². The van der Waals surface area contributed by atoms with Crippen LogP contribution in [0.5, 0.6) is 0 Å². The van der Waals surface area contributed by atoms with Crippen LogP contribution in [0.4, 0.5) is 0 Å². The summed E-state index contributed by atoms with van der Waals surface area (Å²) in [4.78, 5) is 38.4. The molecule has 0 radical (unpaired) electrons. The Balaban J connectivity index is 4.30. The van der Waals surface area contributed by atoms with Crippen LogP contribution in [0.25, 0.3) is 0 Å². The molecule has 0 heterocycles. The van der Waals surface area contributed by atoms with Crippen molar-refractivity contribution >= 4 is 17.9 Å². The van der Waals surface area contributed by atoms with Crippen molar-refractivity contribution in [3.05, 3.63) is 12.2 Å². The average Bonchev–Trinajstić information content (AvgIpc) is 3.39. The lowest BCUT2D eigenvalue weighted by atomic mass is 10.0. The van der Waals surface area contributed by atoms with Crippen LogP contribution in [-0.2, 0) is 28.6 Å². The van der Waals surface area contributed by atoms with Crippen LogP contribution in [0.15, 0.2) is 12.2 Å². The predicted molar refractivity (Wildman–Crippen MR) is 317 cm³/mol. The first-order chi connectivity index (χ1) is 36.0. The minimum absolute atomic E-state index is 0.0644. The second-order valence-corrected chi connectivity index (χ2v) is 22.7. The molecule has 0 rings (SSSR count). The molecule has 73 heavy (non-hydrogen) atoms. The lowest BCUT2D eigenvalue weighted by Gasteiger charge is -2.18. The van der Waals surface area contributed by atoms with Gasteiger partial charge < -0.3 is 14.2 Å². The molecule has 1 atom stereocenters. The molecule has 0 aromatic carbocycles. The zero-order valence-electron chi connectivity index (χ0n) is 49.7. The van der Waals surface area contributed by atoms with Crippen LogP contribution in [0.1, 0.15) is 380 Å². The maximum absolute atomic E-state index is 12.9. The van der Waals surface area contributed by atoms with E-state index in [-0.39, 0.29) is 31.1 Å². The molecular weight excluding hydrogens is 901 g/mol. The van der Waals surface area contributed by atoms with E-state index < -0.39 is 6.10 Å². The molecule has 0 aliphatic heterocycles. The monoisotopic (exact) mass is 1030 g/mol. The summed E-state index contributed by atoms with van der Waals surface area (Å²) >= 11 is 0. The van der Waals surface area contributed by atoms with Crippen molar-refractivity contribution in [3.8, 4) is 0 Å². The van der Waals surface area contributed by atoms with Gasteiger partial charge in [-0.25, -0.2) is 0 Å². The van der Waals surface area contributed by atoms with Crippen LogP contribution in [-0.4, -0.2) is 37.2 Å². The van der Waals surface area contributed by atoms with Crippen molar-refractivity contribution in [1.29, 1.82) is 0 Å². The summed E-state index contributed by atoms with van der Waals surface area (Å²) in [6, 6.07) is 0. The molecule has 0 saturated heterocycles. The Bertz CT molecular complexity index is 1130. The minimum atomic E-state index is -0.767. The van der Waals surface area contributed by atoms with E-state index in [0.29, 0.717) is 19.3 Å². The largest absolute Gasteiger partial charge is 0.462 e. The zero-order valence-corrected chi connectivity index (χ0v) is 49.7. The molecule has 0 aliphatic carbocycles. The van der Waals surface area contributed by atoms with Gasteiger partial charge in [-0.3, -0.25) is 14.4 Å². The molecule has 0 aromatic rings. The lowest BCUT2D eigenvalue weighted by molar-refractivity contribution is -0.167. The predicted octanol–water partition coefficient (Wildman–Crippen LogP) is 22.4. The second kappa shape index (κ2) is 62.7. The molecule has 0 bridgehead atoms. The number of esters is 3. The van der Waals surface area contributed by atoms with Crippen molar-refractivity contribution in [2.24, 2.45) is 0 Å². The van der Waals surface area contributed by atoms with Gasteiger partial charge in [-0.1, -0.05) is 328 Å². The average molecular weight is 1030 g/mol. The number of rotatable bonds is 62. The van der Waals surface area contributed by atoms with Crippen molar-refractivity contribution < 1.29 is 28.6 Å². The van der Waals surface area contributed by atoms with Crippen LogP contribution in [0.3, 0.4) is 0 Å². The molecular formula is C67H128O6. The van der Waals surface area contributed by atoms with E-state index in [9.17, 15) is 14.4 Å². The Morgan fingerprint density at radius 3 is 0.685 bits per heavy atom. The summed E-state index contributed by atoms with van der Waals surface area (Å²) in [5.74, 6) is -0.835. The molecule has 0 N–H and O–H groups in total. The standard InChI is InChI=1S/C67H128O6/c1-4-7-10-13-16-19-22-25-28-31-34-37-39-42-45-48-51-54-57-60-66(69)72-63-64(73-67(70)61-58-55-52-49-46-43-40-36-33-30-27-24-21-18-15-12-9-6-3)62-71-65(68)59-56-53-50-47-44-41-38-35-32-29-26-23-20-17-14-11-8-5-2/h31,34,64H,4-30,32-33,35-63H2,1-3H3/b34-31-. The van der Waals surface area contributed by atoms with Crippen molar-refractivity contribution in [2.45, 2.75) is 386 Å². The molecule has 0 amide bonds. The van der Waals surface area contributed by atoms with Gasteiger partial charge in [-0.2, -0.15) is 0 Å². The van der Waals surface area contributed by atoms with Gasteiger partial charge in [0.15, 0.2) is 6.10 Å². The molecule has 1 unspecified atom stereocenters. The summed E-state index contributed by atoms with van der Waals surface area (Å²) in [6.45, 7) is 6.72. The fourth-order valence-electron chi connectivity index (χ4n) is 10.3. The van der Waals surface area contributed by atoms with Crippen LogP contribution in [0, 0.1) is 0 Å². The molecule has 6 nitrogen and oxygen atoms in total. The van der Waals surface area contributed by atoms with Crippen LogP contribution in [0.2, 0.25) is 0 Å². The van der Waals surface area contributed by atoms with E-state index in [1.807, 2.05) is 0 Å². The SMILES string of the molecule is CCCCCCCCCC/C=C\CCCCCCCCCC(=O)OCC(COC(=O)CCCCCCCCCCCCCCCCCCCC)OC(=O)CCCCCCCCCCCCCCCCCCCC. The third-order valence-corrected chi connectivity index (χ3v) is 15.3. The van der Waals surface area contributed by atoms with E-state index in [2.05, 4.69) is 32.9 Å². The number of carbonyl (C=O) groups is 3. The second-order valence-electron chi connectivity index (χ2n) is 22.7. The van der Waals surface area contributed by atoms with Gasteiger partial charge in [0.25, 0.3) is 0 Å². The number of carbonyl (C=O) groups excluding carboxylic acids is 3. The van der Waals surface area contributed by atoms with E-state index in [1.54, 1.807) is 0 Å². The highest BCUT2D eigenvalue weighted by Gasteiger charge is 2.19. The highest BCUT2D eigenvalue weighted by Crippen LogP contribution is 2.18. The topological polar surface area (TPSA) is 78.9 Å².